The fourth-order valence-electron chi connectivity index (χ4n) is 0.909. The van der Waals surface area contributed by atoms with Crippen LogP contribution in [0.3, 0.4) is 0 Å². The van der Waals surface area contributed by atoms with Crippen LogP contribution in [0.15, 0.2) is 0 Å². The van der Waals surface area contributed by atoms with Crippen molar-refractivity contribution in [3.05, 3.63) is 29.1 Å². The first kappa shape index (κ1) is 11.8. The Morgan fingerprint density at radius 3 is 1.07 bits per heavy atom. The van der Waals surface area contributed by atoms with Crippen LogP contribution in [0.4, 0.5) is 34.9 Å². The minimum atomic E-state index is -6.30. The van der Waals surface area contributed by atoms with Crippen LogP contribution in [-0.2, 0) is 0 Å². The molecule has 84 valence electrons. The van der Waals surface area contributed by atoms with Gasteiger partial charge in [0.15, 0.2) is 17.5 Å². The molecule has 0 spiro atoms. The molecule has 0 heterocycles. The predicted octanol–water partition coefficient (Wildman–Crippen LogP) is 2.44. The van der Waals surface area contributed by atoms with Gasteiger partial charge in [0.2, 0.25) is 0 Å². The van der Waals surface area contributed by atoms with Crippen LogP contribution < -0.4 is 5.46 Å². The molecule has 0 aliphatic carbocycles. The summed E-state index contributed by atoms with van der Waals surface area (Å²) >= 11 is 0. The number of hydrogen-bond acceptors (Lipinski definition) is 0. The summed E-state index contributed by atoms with van der Waals surface area (Å²) in [7, 11) is 0. The second-order valence-corrected chi connectivity index (χ2v) is 2.56. The fourth-order valence-corrected chi connectivity index (χ4v) is 0.909. The van der Waals surface area contributed by atoms with E-state index in [1.165, 1.54) is 0 Å². The molecule has 1 aromatic rings. The number of halogens is 8. The van der Waals surface area contributed by atoms with E-state index < -0.39 is 41.5 Å². The molecule has 15 heavy (non-hydrogen) atoms. The number of hydrogen-bond donors (Lipinski definition) is 0. The van der Waals surface area contributed by atoms with Crippen LogP contribution in [0.25, 0.3) is 0 Å². The van der Waals surface area contributed by atoms with Crippen molar-refractivity contribution in [1.29, 1.82) is 0 Å². The molecule has 0 fully saturated rings. The average molecular weight is 235 g/mol. The number of rotatable bonds is 1. The fraction of sp³-hybridized carbons (Fsp3) is 0. The lowest BCUT2D eigenvalue weighted by molar-refractivity contribution is 0.377. The highest BCUT2D eigenvalue weighted by Crippen LogP contribution is 2.21. The summed E-state index contributed by atoms with van der Waals surface area (Å²) < 4.78 is 97.6. The van der Waals surface area contributed by atoms with Gasteiger partial charge in [-0.15, -0.1) is 0 Å². The molecule has 9 heteroatoms. The van der Waals surface area contributed by atoms with E-state index in [4.69, 9.17) is 0 Å². The highest BCUT2D eigenvalue weighted by Gasteiger charge is 2.37. The van der Waals surface area contributed by atoms with Crippen molar-refractivity contribution in [2.24, 2.45) is 0 Å². The van der Waals surface area contributed by atoms with Crippen molar-refractivity contribution in [3.63, 3.8) is 0 Å². The quantitative estimate of drug-likeness (QED) is 0.303. The van der Waals surface area contributed by atoms with Gasteiger partial charge >= 0.3 is 6.98 Å². The molecule has 0 aromatic heterocycles. The standard InChI is InChI=1S/C6BF8/c8-2-1(7(13,14)15)3(9)5(11)6(12)4(2)10/q-1. The molecular weight excluding hydrogens is 235 g/mol. The minimum absolute atomic E-state index is 2.62. The van der Waals surface area contributed by atoms with Gasteiger partial charge in [-0.3, -0.25) is 0 Å². The lowest BCUT2D eigenvalue weighted by atomic mass is 9.79. The normalized spacial score (nSPS) is 12.0. The lowest BCUT2D eigenvalue weighted by Gasteiger charge is -2.17. The molecule has 0 bridgehead atoms. The van der Waals surface area contributed by atoms with E-state index in [0.29, 0.717) is 0 Å². The summed E-state index contributed by atoms with van der Waals surface area (Å²) in [6, 6.07) is 0. The molecule has 0 unspecified atom stereocenters. The third-order valence-corrected chi connectivity index (χ3v) is 1.57. The third kappa shape index (κ3) is 1.77. The molecule has 0 amide bonds. The predicted molar refractivity (Wildman–Crippen MR) is 34.9 cm³/mol. The Labute approximate surface area is 77.6 Å². The van der Waals surface area contributed by atoms with E-state index in [1.807, 2.05) is 0 Å². The highest BCUT2D eigenvalue weighted by molar-refractivity contribution is 6.73. The first-order valence-electron chi connectivity index (χ1n) is 3.39. The van der Waals surface area contributed by atoms with E-state index in [9.17, 15) is 34.9 Å². The smallest absolute Gasteiger partial charge is 0.445 e. The largest absolute Gasteiger partial charge is 0.515 e. The summed E-state index contributed by atoms with van der Waals surface area (Å²) in [5.74, 6) is -13.6. The van der Waals surface area contributed by atoms with Crippen LogP contribution in [0, 0.1) is 29.1 Å². The Bertz CT molecular complexity index is 380. The maximum atomic E-state index is 12.5. The molecule has 0 saturated heterocycles. The summed E-state index contributed by atoms with van der Waals surface area (Å²) in [5.41, 5.74) is -2.73. The molecule has 0 aliphatic heterocycles. The zero-order chi connectivity index (χ0) is 12.0. The van der Waals surface area contributed by atoms with Crippen molar-refractivity contribution in [3.8, 4) is 0 Å². The van der Waals surface area contributed by atoms with Gasteiger partial charge in [0.1, 0.15) is 11.6 Å². The molecule has 0 atom stereocenters. The molecule has 1 rings (SSSR count). The third-order valence-electron chi connectivity index (χ3n) is 1.57. The zero-order valence-electron chi connectivity index (χ0n) is 6.60. The molecule has 0 N–H and O–H groups in total. The summed E-state index contributed by atoms with van der Waals surface area (Å²) in [5, 5.41) is 0. The molecule has 0 saturated carbocycles. The molecule has 1 aromatic carbocycles. The SMILES string of the molecule is Fc1c(F)c(F)c([B-](F)(F)F)c(F)c1F. The topological polar surface area (TPSA) is 0 Å². The van der Waals surface area contributed by atoms with E-state index in [-0.39, 0.29) is 0 Å². The van der Waals surface area contributed by atoms with Gasteiger partial charge in [-0.05, 0) is 5.46 Å². The van der Waals surface area contributed by atoms with Crippen molar-refractivity contribution in [1.82, 2.24) is 0 Å². The lowest BCUT2D eigenvalue weighted by Crippen LogP contribution is -2.41. The van der Waals surface area contributed by atoms with Gasteiger partial charge in [0.05, 0.1) is 0 Å². The summed E-state index contributed by atoms with van der Waals surface area (Å²) in [6.07, 6.45) is 0. The van der Waals surface area contributed by atoms with E-state index in [0.717, 1.165) is 0 Å². The van der Waals surface area contributed by atoms with Crippen LogP contribution in [-0.4, -0.2) is 6.98 Å². The van der Waals surface area contributed by atoms with Crippen molar-refractivity contribution in [2.45, 2.75) is 0 Å². The minimum Gasteiger partial charge on any atom is -0.445 e. The Balaban J connectivity index is 3.68. The second-order valence-electron chi connectivity index (χ2n) is 2.56. The highest BCUT2D eigenvalue weighted by atomic mass is 19.4. The van der Waals surface area contributed by atoms with Gasteiger partial charge in [0.25, 0.3) is 0 Å². The van der Waals surface area contributed by atoms with Crippen LogP contribution in [0.2, 0.25) is 0 Å². The Morgan fingerprint density at radius 2 is 0.800 bits per heavy atom. The molecule has 0 radical (unpaired) electrons. The maximum absolute atomic E-state index is 12.5. The molecular formula is C6BF8-. The second kappa shape index (κ2) is 3.39. The maximum Gasteiger partial charge on any atom is 0.515 e. The summed E-state index contributed by atoms with van der Waals surface area (Å²) in [6.45, 7) is -6.30. The van der Waals surface area contributed by atoms with E-state index in [1.54, 1.807) is 0 Å². The zero-order valence-corrected chi connectivity index (χ0v) is 6.60. The van der Waals surface area contributed by atoms with Crippen LogP contribution in [0.1, 0.15) is 0 Å². The molecule has 0 nitrogen and oxygen atoms in total. The first-order chi connectivity index (χ1) is 6.68. The van der Waals surface area contributed by atoms with Crippen molar-refractivity contribution < 1.29 is 34.9 Å². The van der Waals surface area contributed by atoms with Gasteiger partial charge in [0, 0.05) is 0 Å². The van der Waals surface area contributed by atoms with Gasteiger partial charge in [-0.25, -0.2) is 22.0 Å². The Hall–Kier alpha value is -1.28. The Morgan fingerprint density at radius 1 is 0.533 bits per heavy atom. The summed E-state index contributed by atoms with van der Waals surface area (Å²) in [4.78, 5) is 0. The average Bonchev–Trinajstić information content (AvgIpc) is 2.09. The van der Waals surface area contributed by atoms with Crippen molar-refractivity contribution in [2.75, 3.05) is 0 Å². The monoisotopic (exact) mass is 235 g/mol. The van der Waals surface area contributed by atoms with E-state index >= 15 is 0 Å². The molecule has 0 aliphatic rings. The van der Waals surface area contributed by atoms with E-state index in [2.05, 4.69) is 0 Å². The Kier molecular flexibility index (Phi) is 2.66. The van der Waals surface area contributed by atoms with Crippen molar-refractivity contribution >= 4 is 12.4 Å². The van der Waals surface area contributed by atoms with Crippen LogP contribution >= 0.6 is 0 Å². The first-order valence-corrected chi connectivity index (χ1v) is 3.39. The van der Waals surface area contributed by atoms with Crippen LogP contribution in [0.5, 0.6) is 0 Å². The number of benzene rings is 1. The van der Waals surface area contributed by atoms with Gasteiger partial charge < -0.3 is 12.9 Å². The van der Waals surface area contributed by atoms with Gasteiger partial charge in [-0.1, -0.05) is 0 Å². The van der Waals surface area contributed by atoms with Gasteiger partial charge in [-0.2, -0.15) is 0 Å².